The first-order valence-electron chi connectivity index (χ1n) is 11.4. The number of nitrogens with zero attached hydrogens (tertiary/aromatic N) is 3. The van der Waals surface area contributed by atoms with E-state index in [2.05, 4.69) is 37.7 Å². The van der Waals surface area contributed by atoms with Gasteiger partial charge in [-0.2, -0.15) is 0 Å². The fourth-order valence-corrected chi connectivity index (χ4v) is 6.63. The highest BCUT2D eigenvalue weighted by atomic mass is 32.1. The van der Waals surface area contributed by atoms with Crippen LogP contribution >= 0.6 is 22.7 Å². The number of thiazole rings is 2. The maximum atomic E-state index is 12.9. The standard InChI is InChI=1S/C27H17N5O2S2/c33-24(31-26-29-22-16-8-3-1-6-14(16)12-20(22)35-26)18-10-5-11-19(28-18)25(34)32-27-30-23-17-9-4-2-7-15(17)13-21(23)36-27/h1-11H,12-13H2,(H,29,31,33)(H,30,32,34). The van der Waals surface area contributed by atoms with Crippen LogP contribution in [0.15, 0.2) is 66.7 Å². The predicted octanol–water partition coefficient (Wildman–Crippen LogP) is 5.64. The summed E-state index contributed by atoms with van der Waals surface area (Å²) in [5, 5.41) is 6.71. The molecule has 7 nitrogen and oxygen atoms in total. The highest BCUT2D eigenvalue weighted by Gasteiger charge is 2.25. The third-order valence-electron chi connectivity index (χ3n) is 6.30. The summed E-state index contributed by atoms with van der Waals surface area (Å²) in [6.45, 7) is 0. The molecule has 0 aliphatic heterocycles. The molecule has 0 saturated heterocycles. The van der Waals surface area contributed by atoms with Crippen LogP contribution in [0.3, 0.4) is 0 Å². The second-order valence-electron chi connectivity index (χ2n) is 8.57. The summed E-state index contributed by atoms with van der Waals surface area (Å²) in [6.07, 6.45) is 1.64. The predicted molar refractivity (Wildman–Crippen MR) is 141 cm³/mol. The van der Waals surface area contributed by atoms with E-state index in [1.54, 1.807) is 18.2 Å². The first-order valence-corrected chi connectivity index (χ1v) is 13.0. The van der Waals surface area contributed by atoms with Crippen molar-refractivity contribution >= 4 is 44.8 Å². The van der Waals surface area contributed by atoms with Crippen LogP contribution in [0.1, 0.15) is 41.9 Å². The normalized spacial score (nSPS) is 12.4. The van der Waals surface area contributed by atoms with E-state index in [0.29, 0.717) is 10.3 Å². The lowest BCUT2D eigenvalue weighted by Crippen LogP contribution is -2.18. The van der Waals surface area contributed by atoms with Gasteiger partial charge in [0, 0.05) is 33.7 Å². The lowest BCUT2D eigenvalue weighted by atomic mass is 10.1. The van der Waals surface area contributed by atoms with Gasteiger partial charge in [0.05, 0.1) is 11.4 Å². The summed E-state index contributed by atoms with van der Waals surface area (Å²) >= 11 is 2.93. The lowest BCUT2D eigenvalue weighted by Gasteiger charge is -2.05. The molecule has 0 fully saturated rings. The van der Waals surface area contributed by atoms with E-state index in [-0.39, 0.29) is 11.4 Å². The number of aromatic nitrogens is 3. The molecule has 2 aliphatic carbocycles. The van der Waals surface area contributed by atoms with Gasteiger partial charge in [-0.25, -0.2) is 15.0 Å². The van der Waals surface area contributed by atoms with Crippen LogP contribution in [-0.4, -0.2) is 26.8 Å². The summed E-state index contributed by atoms with van der Waals surface area (Å²) in [5.41, 5.74) is 6.85. The van der Waals surface area contributed by atoms with Gasteiger partial charge in [0.2, 0.25) is 0 Å². The third kappa shape index (κ3) is 3.52. The summed E-state index contributed by atoms with van der Waals surface area (Å²) in [6, 6.07) is 21.1. The average Bonchev–Trinajstić information content (AvgIpc) is 3.63. The Morgan fingerprint density at radius 2 is 1.08 bits per heavy atom. The SMILES string of the molecule is O=C(Nc1nc2c(s1)Cc1ccccc1-2)c1cccc(C(=O)Nc2nc3c(s2)Cc2ccccc2-3)n1. The number of hydrogen-bond donors (Lipinski definition) is 2. The minimum Gasteiger partial charge on any atom is -0.296 e. The number of nitrogens with one attached hydrogen (secondary N) is 2. The zero-order valence-electron chi connectivity index (χ0n) is 18.7. The van der Waals surface area contributed by atoms with E-state index >= 15 is 0 Å². The maximum absolute atomic E-state index is 12.9. The van der Waals surface area contributed by atoms with E-state index in [1.165, 1.54) is 33.8 Å². The molecule has 2 aliphatic rings. The second-order valence-corrected chi connectivity index (χ2v) is 10.7. The van der Waals surface area contributed by atoms with Gasteiger partial charge in [-0.1, -0.05) is 54.6 Å². The molecule has 9 heteroatoms. The Labute approximate surface area is 213 Å². The number of hydrogen-bond acceptors (Lipinski definition) is 7. The highest BCUT2D eigenvalue weighted by Crippen LogP contribution is 2.42. The van der Waals surface area contributed by atoms with Gasteiger partial charge in [0.15, 0.2) is 10.3 Å². The molecule has 3 aromatic heterocycles. The van der Waals surface area contributed by atoms with Crippen molar-refractivity contribution in [3.05, 3.63) is 99.0 Å². The average molecular weight is 508 g/mol. The maximum Gasteiger partial charge on any atom is 0.276 e. The Hall–Kier alpha value is -4.21. The van der Waals surface area contributed by atoms with Crippen LogP contribution in [0.25, 0.3) is 22.5 Å². The van der Waals surface area contributed by atoms with Crippen LogP contribution in [-0.2, 0) is 12.8 Å². The van der Waals surface area contributed by atoms with E-state index in [9.17, 15) is 9.59 Å². The molecule has 174 valence electrons. The first-order chi connectivity index (χ1) is 17.6. The Kier molecular flexibility index (Phi) is 4.80. The number of carbonyl (C=O) groups is 2. The lowest BCUT2D eigenvalue weighted by molar-refractivity contribution is 0.101. The van der Waals surface area contributed by atoms with Gasteiger partial charge in [0.1, 0.15) is 11.4 Å². The van der Waals surface area contributed by atoms with E-state index < -0.39 is 11.8 Å². The number of benzene rings is 2. The zero-order chi connectivity index (χ0) is 24.2. The summed E-state index contributed by atoms with van der Waals surface area (Å²) in [5.74, 6) is -0.814. The van der Waals surface area contributed by atoms with Crippen molar-refractivity contribution in [2.75, 3.05) is 10.6 Å². The van der Waals surface area contributed by atoms with Gasteiger partial charge in [-0.15, -0.1) is 22.7 Å². The molecule has 0 radical (unpaired) electrons. The molecule has 0 spiro atoms. The molecule has 2 aromatic carbocycles. The monoisotopic (exact) mass is 507 g/mol. The summed E-state index contributed by atoms with van der Waals surface area (Å²) < 4.78 is 0. The minimum absolute atomic E-state index is 0.147. The summed E-state index contributed by atoms with van der Waals surface area (Å²) in [7, 11) is 0. The molecule has 0 saturated carbocycles. The smallest absolute Gasteiger partial charge is 0.276 e. The van der Waals surface area contributed by atoms with Crippen LogP contribution < -0.4 is 10.6 Å². The number of fused-ring (bicyclic) bond motifs is 6. The number of anilines is 2. The molecule has 2 amide bonds. The van der Waals surface area contributed by atoms with E-state index in [4.69, 9.17) is 0 Å². The van der Waals surface area contributed by atoms with Gasteiger partial charge < -0.3 is 0 Å². The van der Waals surface area contributed by atoms with Gasteiger partial charge in [-0.05, 0) is 23.3 Å². The molecule has 5 aromatic rings. The van der Waals surface area contributed by atoms with Crippen molar-refractivity contribution in [2.45, 2.75) is 12.8 Å². The Morgan fingerprint density at radius 3 is 1.58 bits per heavy atom. The molecular weight excluding hydrogens is 490 g/mol. The molecule has 3 heterocycles. The molecular formula is C27H17N5O2S2. The van der Waals surface area contributed by atoms with Crippen LogP contribution in [0.5, 0.6) is 0 Å². The number of carbonyl (C=O) groups excluding carboxylic acids is 2. The van der Waals surface area contributed by atoms with E-state index in [1.807, 2.05) is 36.4 Å². The Balaban J connectivity index is 1.07. The van der Waals surface area contributed by atoms with Crippen LogP contribution in [0, 0.1) is 0 Å². The van der Waals surface area contributed by atoms with Crippen molar-refractivity contribution in [2.24, 2.45) is 0 Å². The quantitative estimate of drug-likeness (QED) is 0.321. The topological polar surface area (TPSA) is 96.9 Å². The number of pyridine rings is 1. The Bertz CT molecular complexity index is 1580. The fraction of sp³-hybridized carbons (Fsp3) is 0.0741. The summed E-state index contributed by atoms with van der Waals surface area (Å²) in [4.78, 5) is 41.6. The second kappa shape index (κ2) is 8.18. The number of amides is 2. The van der Waals surface area contributed by atoms with Crippen molar-refractivity contribution in [3.63, 3.8) is 0 Å². The highest BCUT2D eigenvalue weighted by molar-refractivity contribution is 7.16. The number of rotatable bonds is 4. The Morgan fingerprint density at radius 1 is 0.611 bits per heavy atom. The molecule has 0 bridgehead atoms. The molecule has 0 unspecified atom stereocenters. The van der Waals surface area contributed by atoms with E-state index in [0.717, 1.165) is 45.1 Å². The first kappa shape index (κ1) is 21.1. The van der Waals surface area contributed by atoms with Gasteiger partial charge >= 0.3 is 0 Å². The molecule has 36 heavy (non-hydrogen) atoms. The molecule has 2 N–H and O–H groups in total. The van der Waals surface area contributed by atoms with Crippen molar-refractivity contribution in [3.8, 4) is 22.5 Å². The van der Waals surface area contributed by atoms with Crippen LogP contribution in [0.4, 0.5) is 10.3 Å². The molecule has 0 atom stereocenters. The minimum atomic E-state index is -0.407. The van der Waals surface area contributed by atoms with Gasteiger partial charge in [0.25, 0.3) is 11.8 Å². The van der Waals surface area contributed by atoms with Crippen molar-refractivity contribution in [1.29, 1.82) is 0 Å². The van der Waals surface area contributed by atoms with Crippen molar-refractivity contribution < 1.29 is 9.59 Å². The van der Waals surface area contributed by atoms with Crippen LogP contribution in [0.2, 0.25) is 0 Å². The fourth-order valence-electron chi connectivity index (χ4n) is 4.64. The van der Waals surface area contributed by atoms with Gasteiger partial charge in [-0.3, -0.25) is 20.2 Å². The zero-order valence-corrected chi connectivity index (χ0v) is 20.4. The largest absolute Gasteiger partial charge is 0.296 e. The third-order valence-corrected chi connectivity index (χ3v) is 8.24. The molecule has 7 rings (SSSR count). The van der Waals surface area contributed by atoms with Crippen molar-refractivity contribution in [1.82, 2.24) is 15.0 Å².